The van der Waals surface area contributed by atoms with Crippen molar-refractivity contribution in [3.05, 3.63) is 52.2 Å². The molecule has 2 rings (SSSR count). The summed E-state index contributed by atoms with van der Waals surface area (Å²) in [6.07, 6.45) is 2.38. The first-order valence-electron chi connectivity index (χ1n) is 7.78. The van der Waals surface area contributed by atoms with Crippen molar-refractivity contribution in [1.82, 2.24) is 10.3 Å². The van der Waals surface area contributed by atoms with Crippen LogP contribution in [-0.2, 0) is 4.74 Å². The Morgan fingerprint density at radius 1 is 1.29 bits per heavy atom. The Balaban J connectivity index is 2.09. The van der Waals surface area contributed by atoms with E-state index >= 15 is 0 Å². The van der Waals surface area contributed by atoms with E-state index in [1.807, 2.05) is 26.0 Å². The predicted molar refractivity (Wildman–Crippen MR) is 97.3 cm³/mol. The molecule has 0 atom stereocenters. The van der Waals surface area contributed by atoms with E-state index in [4.69, 9.17) is 16.3 Å². The largest absolute Gasteiger partial charge is 0.385 e. The Kier molecular flexibility index (Phi) is 6.58. The number of hydrogen-bond acceptors (Lipinski definition) is 4. The van der Waals surface area contributed by atoms with Crippen molar-refractivity contribution >= 4 is 29.0 Å². The van der Waals surface area contributed by atoms with Crippen LogP contribution in [-0.4, -0.2) is 31.2 Å². The van der Waals surface area contributed by atoms with Crippen LogP contribution < -0.4 is 10.6 Å². The number of methoxy groups -OCH3 is 1. The molecule has 6 heteroatoms. The molecular formula is C18H22ClN3O2. The second-order valence-corrected chi connectivity index (χ2v) is 6.00. The van der Waals surface area contributed by atoms with Gasteiger partial charge in [0.1, 0.15) is 5.82 Å². The monoisotopic (exact) mass is 347 g/mol. The second kappa shape index (κ2) is 8.66. The van der Waals surface area contributed by atoms with Gasteiger partial charge in [-0.05, 0) is 49.6 Å². The van der Waals surface area contributed by atoms with Gasteiger partial charge in [-0.1, -0.05) is 17.7 Å². The number of halogens is 1. The predicted octanol–water partition coefficient (Wildman–Crippen LogP) is 3.86. The van der Waals surface area contributed by atoms with Crippen LogP contribution in [0.4, 0.5) is 11.5 Å². The van der Waals surface area contributed by atoms with Gasteiger partial charge in [-0.15, -0.1) is 0 Å². The molecule has 1 aromatic carbocycles. The van der Waals surface area contributed by atoms with Crippen molar-refractivity contribution in [3.8, 4) is 0 Å². The molecule has 0 aliphatic carbocycles. The number of nitrogens with zero attached hydrogens (tertiary/aromatic N) is 1. The van der Waals surface area contributed by atoms with E-state index in [1.165, 1.54) is 0 Å². The number of amides is 1. The van der Waals surface area contributed by atoms with Crippen molar-refractivity contribution < 1.29 is 9.53 Å². The zero-order valence-electron chi connectivity index (χ0n) is 14.1. The highest BCUT2D eigenvalue weighted by molar-refractivity contribution is 6.33. The first kappa shape index (κ1) is 18.2. The van der Waals surface area contributed by atoms with E-state index in [0.717, 1.165) is 23.2 Å². The zero-order chi connectivity index (χ0) is 17.5. The van der Waals surface area contributed by atoms with E-state index in [9.17, 15) is 4.79 Å². The number of carbonyl (C=O) groups excluding carboxylic acids is 1. The maximum absolute atomic E-state index is 12.2. The molecule has 128 valence electrons. The fourth-order valence-electron chi connectivity index (χ4n) is 2.36. The number of aryl methyl sites for hydroxylation is 2. The molecule has 1 aromatic heterocycles. The lowest BCUT2D eigenvalue weighted by molar-refractivity contribution is 0.0948. The number of pyridine rings is 1. The number of hydrogen-bond donors (Lipinski definition) is 2. The quantitative estimate of drug-likeness (QED) is 0.746. The molecule has 2 aromatic rings. The van der Waals surface area contributed by atoms with Gasteiger partial charge in [0.05, 0.1) is 10.7 Å². The number of carbonyl (C=O) groups is 1. The van der Waals surface area contributed by atoms with E-state index < -0.39 is 0 Å². The average Bonchev–Trinajstić information content (AvgIpc) is 2.55. The van der Waals surface area contributed by atoms with Crippen LogP contribution in [0.2, 0.25) is 5.02 Å². The summed E-state index contributed by atoms with van der Waals surface area (Å²) < 4.78 is 4.96. The van der Waals surface area contributed by atoms with E-state index in [0.29, 0.717) is 29.6 Å². The number of rotatable bonds is 7. The molecule has 0 aliphatic heterocycles. The zero-order valence-corrected chi connectivity index (χ0v) is 14.9. The van der Waals surface area contributed by atoms with E-state index in [-0.39, 0.29) is 5.91 Å². The minimum atomic E-state index is -0.136. The van der Waals surface area contributed by atoms with Crippen LogP contribution >= 0.6 is 11.6 Å². The van der Waals surface area contributed by atoms with Gasteiger partial charge >= 0.3 is 0 Å². The molecule has 0 aliphatic rings. The lowest BCUT2D eigenvalue weighted by atomic mass is 10.1. The third kappa shape index (κ3) is 4.94. The molecule has 1 amide bonds. The fourth-order valence-corrected chi connectivity index (χ4v) is 2.73. The Hall–Kier alpha value is -2.11. The van der Waals surface area contributed by atoms with Crippen LogP contribution in [0.25, 0.3) is 0 Å². The smallest absolute Gasteiger partial charge is 0.251 e. The molecule has 0 fully saturated rings. The van der Waals surface area contributed by atoms with Crippen LogP contribution in [0, 0.1) is 13.8 Å². The van der Waals surface area contributed by atoms with Gasteiger partial charge in [-0.25, -0.2) is 4.98 Å². The van der Waals surface area contributed by atoms with Gasteiger partial charge in [0.15, 0.2) is 0 Å². The number of aromatic nitrogens is 1. The Morgan fingerprint density at radius 2 is 2.08 bits per heavy atom. The average molecular weight is 348 g/mol. The number of ether oxygens (including phenoxy) is 1. The first-order valence-corrected chi connectivity index (χ1v) is 8.16. The molecule has 0 saturated heterocycles. The summed E-state index contributed by atoms with van der Waals surface area (Å²) in [5, 5.41) is 6.68. The third-order valence-corrected chi connectivity index (χ3v) is 3.82. The molecule has 0 spiro atoms. The highest BCUT2D eigenvalue weighted by Crippen LogP contribution is 2.29. The van der Waals surface area contributed by atoms with Crippen LogP contribution in [0.5, 0.6) is 0 Å². The van der Waals surface area contributed by atoms with Gasteiger partial charge in [-0.3, -0.25) is 4.79 Å². The summed E-state index contributed by atoms with van der Waals surface area (Å²) >= 11 is 6.30. The van der Waals surface area contributed by atoms with E-state index in [2.05, 4.69) is 15.6 Å². The first-order chi connectivity index (χ1) is 11.5. The van der Waals surface area contributed by atoms with Crippen molar-refractivity contribution in [3.63, 3.8) is 0 Å². The molecule has 0 bridgehead atoms. The molecular weight excluding hydrogens is 326 g/mol. The summed E-state index contributed by atoms with van der Waals surface area (Å²) in [6, 6.07) is 7.32. The summed E-state index contributed by atoms with van der Waals surface area (Å²) in [5.41, 5.74) is 3.47. The molecule has 2 N–H and O–H groups in total. The highest BCUT2D eigenvalue weighted by Gasteiger charge is 2.09. The summed E-state index contributed by atoms with van der Waals surface area (Å²) in [6.45, 7) is 5.16. The normalized spacial score (nSPS) is 10.5. The van der Waals surface area contributed by atoms with Gasteiger partial charge in [0.25, 0.3) is 5.91 Å². The number of anilines is 2. The summed E-state index contributed by atoms with van der Waals surface area (Å²) in [5.74, 6) is 0.441. The maximum atomic E-state index is 12.2. The second-order valence-electron chi connectivity index (χ2n) is 5.60. The van der Waals surface area contributed by atoms with Crippen LogP contribution in [0.15, 0.2) is 30.5 Å². The molecule has 24 heavy (non-hydrogen) atoms. The molecule has 0 radical (unpaired) electrons. The molecule has 0 unspecified atom stereocenters. The van der Waals surface area contributed by atoms with Crippen LogP contribution in [0.3, 0.4) is 0 Å². The Bertz CT molecular complexity index is 696. The number of benzene rings is 1. The van der Waals surface area contributed by atoms with Crippen molar-refractivity contribution in [2.45, 2.75) is 20.3 Å². The van der Waals surface area contributed by atoms with Gasteiger partial charge in [-0.2, -0.15) is 0 Å². The minimum absolute atomic E-state index is 0.136. The fraction of sp³-hybridized carbons (Fsp3) is 0.333. The maximum Gasteiger partial charge on any atom is 0.251 e. The lowest BCUT2D eigenvalue weighted by Gasteiger charge is -2.13. The van der Waals surface area contributed by atoms with Crippen molar-refractivity contribution in [2.24, 2.45) is 0 Å². The molecule has 5 nitrogen and oxygen atoms in total. The standard InChI is InChI=1S/C18H22ClN3O2/c1-12-9-13(2)17(15(19)10-12)22-16-11-14(5-7-20-16)18(23)21-6-4-8-24-3/h5,7,9-11H,4,6,8H2,1-3H3,(H,20,22)(H,21,23). The van der Waals surface area contributed by atoms with Crippen LogP contribution in [0.1, 0.15) is 27.9 Å². The van der Waals surface area contributed by atoms with Crippen molar-refractivity contribution in [1.29, 1.82) is 0 Å². The molecule has 1 heterocycles. The lowest BCUT2D eigenvalue weighted by Crippen LogP contribution is -2.25. The minimum Gasteiger partial charge on any atom is -0.385 e. The third-order valence-electron chi connectivity index (χ3n) is 3.52. The van der Waals surface area contributed by atoms with Gasteiger partial charge < -0.3 is 15.4 Å². The number of nitrogens with one attached hydrogen (secondary N) is 2. The van der Waals surface area contributed by atoms with Gasteiger partial charge in [0.2, 0.25) is 0 Å². The Morgan fingerprint density at radius 3 is 2.79 bits per heavy atom. The summed E-state index contributed by atoms with van der Waals surface area (Å²) in [4.78, 5) is 16.4. The Labute approximate surface area is 147 Å². The van der Waals surface area contributed by atoms with E-state index in [1.54, 1.807) is 25.4 Å². The van der Waals surface area contributed by atoms with Gasteiger partial charge in [0, 0.05) is 32.0 Å². The van der Waals surface area contributed by atoms with Crippen molar-refractivity contribution in [2.75, 3.05) is 25.6 Å². The SMILES string of the molecule is COCCCNC(=O)c1ccnc(Nc2c(C)cc(C)cc2Cl)c1. The highest BCUT2D eigenvalue weighted by atomic mass is 35.5. The molecule has 0 saturated carbocycles. The topological polar surface area (TPSA) is 63.2 Å². The summed E-state index contributed by atoms with van der Waals surface area (Å²) in [7, 11) is 1.64.